The van der Waals surface area contributed by atoms with Gasteiger partial charge in [-0.1, -0.05) is 18.2 Å². The normalized spacial score (nSPS) is 11.8. The predicted molar refractivity (Wildman–Crippen MR) is 125 cm³/mol. The Labute approximate surface area is 208 Å². The SMILES string of the molecule is CS(=O)(=O)Nc1c(F)cc(CNC(=O)/C=C/c2ccc(C(F)(F)F)nc2-c2cccc(F)c2)cc1C#N. The summed E-state index contributed by atoms with van der Waals surface area (Å²) in [6, 6.07) is 10.4. The van der Waals surface area contributed by atoms with Crippen LogP contribution in [-0.2, 0) is 27.5 Å². The van der Waals surface area contributed by atoms with E-state index in [2.05, 4.69) is 10.3 Å². The molecule has 0 spiro atoms. The molecule has 0 saturated carbocycles. The second-order valence-electron chi connectivity index (χ2n) is 7.68. The summed E-state index contributed by atoms with van der Waals surface area (Å²) in [4.78, 5) is 15.9. The zero-order chi connectivity index (χ0) is 27.4. The Bertz CT molecular complexity index is 1530. The predicted octanol–water partition coefficient (Wildman–Crippen LogP) is 4.62. The van der Waals surface area contributed by atoms with Crippen LogP contribution in [0.5, 0.6) is 0 Å². The second kappa shape index (κ2) is 10.8. The summed E-state index contributed by atoms with van der Waals surface area (Å²) in [5.41, 5.74) is -1.92. The van der Waals surface area contributed by atoms with E-state index < -0.39 is 45.1 Å². The smallest absolute Gasteiger partial charge is 0.348 e. The maximum Gasteiger partial charge on any atom is 0.433 e. The molecule has 13 heteroatoms. The molecule has 192 valence electrons. The van der Waals surface area contributed by atoms with Gasteiger partial charge in [0.1, 0.15) is 29.1 Å². The van der Waals surface area contributed by atoms with Crippen LogP contribution in [0.4, 0.5) is 27.6 Å². The molecule has 0 unspecified atom stereocenters. The van der Waals surface area contributed by atoms with E-state index in [1.54, 1.807) is 6.07 Å². The number of carbonyl (C=O) groups excluding carboxylic acids is 1. The van der Waals surface area contributed by atoms with E-state index in [0.717, 1.165) is 42.7 Å². The minimum atomic E-state index is -4.74. The van der Waals surface area contributed by atoms with E-state index in [-0.39, 0.29) is 34.5 Å². The average molecular weight is 536 g/mol. The van der Waals surface area contributed by atoms with Crippen molar-refractivity contribution in [3.63, 3.8) is 0 Å². The topological polar surface area (TPSA) is 112 Å². The third-order valence-corrected chi connectivity index (χ3v) is 5.33. The Hall–Kier alpha value is -4.31. The molecule has 1 amide bonds. The number of nitrogens with one attached hydrogen (secondary N) is 2. The maximum absolute atomic E-state index is 14.4. The van der Waals surface area contributed by atoms with Crippen LogP contribution >= 0.6 is 0 Å². The molecule has 0 atom stereocenters. The molecule has 1 heterocycles. The molecule has 2 N–H and O–H groups in total. The highest BCUT2D eigenvalue weighted by molar-refractivity contribution is 7.92. The fourth-order valence-corrected chi connectivity index (χ4v) is 3.76. The molecule has 0 bridgehead atoms. The Balaban J connectivity index is 1.82. The van der Waals surface area contributed by atoms with Crippen LogP contribution in [0.15, 0.2) is 54.6 Å². The number of hydrogen-bond acceptors (Lipinski definition) is 5. The summed E-state index contributed by atoms with van der Waals surface area (Å²) in [6.07, 6.45) is -1.77. The minimum absolute atomic E-state index is 0.0634. The van der Waals surface area contributed by atoms with Crippen LogP contribution in [0.2, 0.25) is 0 Å². The number of rotatable bonds is 7. The third kappa shape index (κ3) is 7.34. The largest absolute Gasteiger partial charge is 0.433 e. The van der Waals surface area contributed by atoms with Gasteiger partial charge in [-0.2, -0.15) is 18.4 Å². The molecule has 0 saturated heterocycles. The van der Waals surface area contributed by atoms with Crippen molar-refractivity contribution in [1.29, 1.82) is 5.26 Å². The lowest BCUT2D eigenvalue weighted by Crippen LogP contribution is -2.21. The van der Waals surface area contributed by atoms with Gasteiger partial charge in [-0.15, -0.1) is 0 Å². The summed E-state index contributed by atoms with van der Waals surface area (Å²) in [7, 11) is -3.85. The lowest BCUT2D eigenvalue weighted by atomic mass is 10.0. The molecule has 0 aliphatic rings. The third-order valence-electron chi connectivity index (χ3n) is 4.75. The number of hydrogen-bond donors (Lipinski definition) is 2. The molecule has 0 fully saturated rings. The first kappa shape index (κ1) is 27.3. The quantitative estimate of drug-likeness (QED) is 0.338. The number of carbonyl (C=O) groups is 1. The number of benzene rings is 2. The number of nitrogens with zero attached hydrogens (tertiary/aromatic N) is 2. The first-order valence-corrected chi connectivity index (χ1v) is 12.2. The van der Waals surface area contributed by atoms with Crippen LogP contribution in [0.3, 0.4) is 0 Å². The van der Waals surface area contributed by atoms with Gasteiger partial charge in [0.15, 0.2) is 0 Å². The fraction of sp³-hybridized carbons (Fsp3) is 0.125. The number of amides is 1. The van der Waals surface area contributed by atoms with Crippen molar-refractivity contribution in [2.24, 2.45) is 0 Å². The first-order chi connectivity index (χ1) is 17.3. The summed E-state index contributed by atoms with van der Waals surface area (Å²) in [5.74, 6) is -2.44. The van der Waals surface area contributed by atoms with E-state index in [0.29, 0.717) is 0 Å². The van der Waals surface area contributed by atoms with E-state index >= 15 is 0 Å². The fourth-order valence-electron chi connectivity index (χ4n) is 3.19. The van der Waals surface area contributed by atoms with Crippen molar-refractivity contribution >= 4 is 27.7 Å². The van der Waals surface area contributed by atoms with Crippen molar-refractivity contribution < 1.29 is 35.2 Å². The highest BCUT2D eigenvalue weighted by Gasteiger charge is 2.33. The molecule has 2 aromatic carbocycles. The van der Waals surface area contributed by atoms with E-state index in [4.69, 9.17) is 0 Å². The molecule has 0 aliphatic heterocycles. The number of sulfonamides is 1. The van der Waals surface area contributed by atoms with Gasteiger partial charge in [-0.25, -0.2) is 22.2 Å². The highest BCUT2D eigenvalue weighted by Crippen LogP contribution is 2.32. The molecule has 37 heavy (non-hydrogen) atoms. The van der Waals surface area contributed by atoms with Gasteiger partial charge in [-0.05, 0) is 42.0 Å². The molecule has 0 aliphatic carbocycles. The lowest BCUT2D eigenvalue weighted by Gasteiger charge is -2.11. The van der Waals surface area contributed by atoms with Crippen LogP contribution in [0.25, 0.3) is 17.3 Å². The summed E-state index contributed by atoms with van der Waals surface area (Å²) < 4.78 is 92.2. The Morgan fingerprint density at radius 3 is 2.49 bits per heavy atom. The second-order valence-corrected chi connectivity index (χ2v) is 9.43. The van der Waals surface area contributed by atoms with Crippen molar-refractivity contribution in [2.75, 3.05) is 11.0 Å². The highest BCUT2D eigenvalue weighted by atomic mass is 32.2. The summed E-state index contributed by atoms with van der Waals surface area (Å²) in [6.45, 7) is -0.254. The number of aromatic nitrogens is 1. The number of nitriles is 1. The molecule has 0 radical (unpaired) electrons. The Morgan fingerprint density at radius 1 is 1.14 bits per heavy atom. The van der Waals surface area contributed by atoms with Crippen molar-refractivity contribution in [2.45, 2.75) is 12.7 Å². The Morgan fingerprint density at radius 2 is 1.86 bits per heavy atom. The van der Waals surface area contributed by atoms with Crippen molar-refractivity contribution in [1.82, 2.24) is 10.3 Å². The minimum Gasteiger partial charge on any atom is -0.348 e. The monoisotopic (exact) mass is 536 g/mol. The van der Waals surface area contributed by atoms with Gasteiger partial charge in [0.05, 0.1) is 17.5 Å². The maximum atomic E-state index is 14.4. The zero-order valence-corrected chi connectivity index (χ0v) is 19.7. The molecule has 3 aromatic rings. The van der Waals surface area contributed by atoms with Crippen LogP contribution < -0.4 is 10.0 Å². The number of anilines is 1. The molecule has 3 rings (SSSR count). The molecular weight excluding hydrogens is 519 g/mol. The number of alkyl halides is 3. The van der Waals surface area contributed by atoms with Gasteiger partial charge in [0, 0.05) is 23.7 Å². The first-order valence-electron chi connectivity index (χ1n) is 10.3. The summed E-state index contributed by atoms with van der Waals surface area (Å²) >= 11 is 0. The van der Waals surface area contributed by atoms with Gasteiger partial charge in [-0.3, -0.25) is 9.52 Å². The Kier molecular flexibility index (Phi) is 7.93. The van der Waals surface area contributed by atoms with E-state index in [9.17, 15) is 40.4 Å². The standard InChI is InChI=1S/C24H17F5N4O3S/c1-37(35,36)33-23-17(12-30)9-14(10-19(23)26)13-31-21(34)8-6-15-5-7-20(24(27,28)29)32-22(15)16-3-2-4-18(25)11-16/h2-11,33H,13H2,1H3,(H,31,34)/b8-6+. The van der Waals surface area contributed by atoms with Gasteiger partial charge in [0.2, 0.25) is 15.9 Å². The molecule has 7 nitrogen and oxygen atoms in total. The van der Waals surface area contributed by atoms with Crippen molar-refractivity contribution in [3.8, 4) is 17.3 Å². The van der Waals surface area contributed by atoms with Gasteiger partial charge < -0.3 is 5.32 Å². The van der Waals surface area contributed by atoms with Gasteiger partial charge in [0.25, 0.3) is 0 Å². The molecular formula is C24H17F5N4O3S. The van der Waals surface area contributed by atoms with E-state index in [1.165, 1.54) is 24.3 Å². The zero-order valence-electron chi connectivity index (χ0n) is 18.9. The lowest BCUT2D eigenvalue weighted by molar-refractivity contribution is -0.141. The van der Waals surface area contributed by atoms with Crippen LogP contribution in [0.1, 0.15) is 22.4 Å². The van der Waals surface area contributed by atoms with Gasteiger partial charge >= 0.3 is 6.18 Å². The van der Waals surface area contributed by atoms with Crippen LogP contribution in [-0.4, -0.2) is 25.6 Å². The molecule has 1 aromatic heterocycles. The summed E-state index contributed by atoms with van der Waals surface area (Å²) in [5, 5.41) is 11.6. The average Bonchev–Trinajstić information content (AvgIpc) is 2.81. The number of pyridine rings is 1. The van der Waals surface area contributed by atoms with Crippen molar-refractivity contribution in [3.05, 3.63) is 88.6 Å². The number of halogens is 5. The van der Waals surface area contributed by atoms with E-state index in [1.807, 2.05) is 4.72 Å². The van der Waals surface area contributed by atoms with Crippen LogP contribution in [0, 0.1) is 23.0 Å².